The van der Waals surface area contributed by atoms with Gasteiger partial charge in [-0.05, 0) is 14.0 Å². The minimum atomic E-state index is 0.162. The van der Waals surface area contributed by atoms with Crippen LogP contribution in [0.3, 0.4) is 0 Å². The maximum absolute atomic E-state index is 5.17. The number of hydrogen-bond donors (Lipinski definition) is 3. The highest BCUT2D eigenvalue weighted by molar-refractivity contribution is 4.48. The molecule has 6 N–H and O–H groups in total. The zero-order valence-corrected chi connectivity index (χ0v) is 5.02. The topological polar surface area (TPSA) is 78.1 Å². The van der Waals surface area contributed by atoms with Crippen LogP contribution in [-0.4, -0.2) is 19.6 Å². The third-order valence-corrected chi connectivity index (χ3v) is 0.372. The first kappa shape index (κ1) is 9.99. The molecule has 3 heteroatoms. The summed E-state index contributed by atoms with van der Waals surface area (Å²) in [5.41, 5.74) is 14.7. The fraction of sp³-hybridized carbons (Fsp3) is 1.00. The van der Waals surface area contributed by atoms with Crippen molar-refractivity contribution in [3.05, 3.63) is 0 Å². The van der Waals surface area contributed by atoms with Crippen LogP contribution in [0.4, 0.5) is 0 Å². The van der Waals surface area contributed by atoms with Crippen molar-refractivity contribution in [3.8, 4) is 0 Å². The lowest BCUT2D eigenvalue weighted by molar-refractivity contribution is 0.752. The van der Waals surface area contributed by atoms with E-state index >= 15 is 0 Å². The molecule has 1 unspecified atom stereocenters. The molecule has 0 radical (unpaired) electrons. The summed E-state index contributed by atoms with van der Waals surface area (Å²) in [7, 11) is 1.50. The van der Waals surface area contributed by atoms with Gasteiger partial charge in [0.1, 0.15) is 0 Å². The fourth-order valence-electron chi connectivity index (χ4n) is 0. The van der Waals surface area contributed by atoms with Gasteiger partial charge in [0.05, 0.1) is 0 Å². The molecule has 0 aliphatic carbocycles. The molecule has 0 spiro atoms. The van der Waals surface area contributed by atoms with Crippen molar-refractivity contribution in [3.63, 3.8) is 0 Å². The van der Waals surface area contributed by atoms with Crippen LogP contribution < -0.4 is 17.2 Å². The van der Waals surface area contributed by atoms with E-state index in [-0.39, 0.29) is 6.04 Å². The largest absolute Gasteiger partial charge is 0.333 e. The summed E-state index contributed by atoms with van der Waals surface area (Å²) in [6.45, 7) is 2.46. The minimum Gasteiger partial charge on any atom is -0.333 e. The van der Waals surface area contributed by atoms with Crippen LogP contribution in [0.1, 0.15) is 6.92 Å². The molecule has 0 fully saturated rings. The average molecular weight is 105 g/mol. The molecule has 0 aromatic carbocycles. The van der Waals surface area contributed by atoms with Crippen LogP contribution in [-0.2, 0) is 0 Å². The summed E-state index contributed by atoms with van der Waals surface area (Å²) >= 11 is 0. The van der Waals surface area contributed by atoms with Crippen molar-refractivity contribution in [1.29, 1.82) is 0 Å². The molecule has 1 atom stereocenters. The number of hydrogen-bond acceptors (Lipinski definition) is 3. The smallest absolute Gasteiger partial charge is 0.0134 e. The Morgan fingerprint density at radius 3 is 1.57 bits per heavy atom. The van der Waals surface area contributed by atoms with E-state index in [0.29, 0.717) is 6.54 Å². The van der Waals surface area contributed by atoms with Crippen LogP contribution in [0, 0.1) is 0 Å². The van der Waals surface area contributed by atoms with Gasteiger partial charge < -0.3 is 17.2 Å². The fourth-order valence-corrected chi connectivity index (χ4v) is 0. The van der Waals surface area contributed by atoms with Crippen LogP contribution in [0.25, 0.3) is 0 Å². The highest BCUT2D eigenvalue weighted by Gasteiger charge is 1.79. The first-order chi connectivity index (χ1) is 3.27. The van der Waals surface area contributed by atoms with E-state index < -0.39 is 0 Å². The van der Waals surface area contributed by atoms with Gasteiger partial charge in [0.15, 0.2) is 0 Å². The molecular formula is C4H15N3. The summed E-state index contributed by atoms with van der Waals surface area (Å²) in [6, 6.07) is 0.162. The van der Waals surface area contributed by atoms with Crippen molar-refractivity contribution in [2.45, 2.75) is 13.0 Å². The van der Waals surface area contributed by atoms with Crippen molar-refractivity contribution in [2.75, 3.05) is 13.6 Å². The Bertz CT molecular complexity index is 20.9. The quantitative estimate of drug-likeness (QED) is 0.395. The van der Waals surface area contributed by atoms with Gasteiger partial charge in [0, 0.05) is 12.6 Å². The van der Waals surface area contributed by atoms with Gasteiger partial charge in [-0.1, -0.05) is 0 Å². The van der Waals surface area contributed by atoms with E-state index in [9.17, 15) is 0 Å². The SMILES string of the molecule is CC(N)CN.CN. The van der Waals surface area contributed by atoms with Crippen LogP contribution in [0.5, 0.6) is 0 Å². The van der Waals surface area contributed by atoms with Crippen molar-refractivity contribution in [1.82, 2.24) is 0 Å². The second kappa shape index (κ2) is 9.30. The molecule has 0 amide bonds. The first-order valence-corrected chi connectivity index (χ1v) is 2.30. The summed E-state index contributed by atoms with van der Waals surface area (Å²) < 4.78 is 0. The van der Waals surface area contributed by atoms with Gasteiger partial charge in [-0.3, -0.25) is 0 Å². The zero-order valence-electron chi connectivity index (χ0n) is 5.02. The second-order valence-corrected chi connectivity index (χ2v) is 1.21. The molecule has 0 aliphatic heterocycles. The van der Waals surface area contributed by atoms with E-state index in [1.807, 2.05) is 6.92 Å². The zero-order chi connectivity index (χ0) is 6.28. The lowest BCUT2D eigenvalue weighted by Crippen LogP contribution is -2.25. The summed E-state index contributed by atoms with van der Waals surface area (Å²) in [5.74, 6) is 0. The first-order valence-electron chi connectivity index (χ1n) is 2.30. The predicted molar refractivity (Wildman–Crippen MR) is 32.8 cm³/mol. The standard InChI is InChI=1S/C3H10N2.CH5N/c1-3(5)2-4;1-2/h3H,2,4-5H2,1H3;2H2,1H3. The average Bonchev–Trinajstić information content (AvgIpc) is 1.73. The Hall–Kier alpha value is -0.120. The van der Waals surface area contributed by atoms with Crippen LogP contribution >= 0.6 is 0 Å². The molecule has 7 heavy (non-hydrogen) atoms. The van der Waals surface area contributed by atoms with Crippen molar-refractivity contribution >= 4 is 0 Å². The monoisotopic (exact) mass is 105 g/mol. The minimum absolute atomic E-state index is 0.162. The Labute approximate surface area is 44.9 Å². The Kier molecular flexibility index (Phi) is 13.3. The lowest BCUT2D eigenvalue weighted by atomic mass is 10.4. The molecular weight excluding hydrogens is 90.1 g/mol. The molecule has 0 bridgehead atoms. The Morgan fingerprint density at radius 2 is 1.57 bits per heavy atom. The number of rotatable bonds is 1. The Balaban J connectivity index is 0. The molecule has 46 valence electrons. The third kappa shape index (κ3) is 25.0. The molecule has 3 nitrogen and oxygen atoms in total. The van der Waals surface area contributed by atoms with E-state index in [1.165, 1.54) is 7.05 Å². The second-order valence-electron chi connectivity index (χ2n) is 1.21. The van der Waals surface area contributed by atoms with Gasteiger partial charge in [0.25, 0.3) is 0 Å². The van der Waals surface area contributed by atoms with E-state index in [1.54, 1.807) is 0 Å². The third-order valence-electron chi connectivity index (χ3n) is 0.372. The maximum Gasteiger partial charge on any atom is 0.0134 e. The molecule has 0 heterocycles. The Morgan fingerprint density at radius 1 is 1.43 bits per heavy atom. The van der Waals surface area contributed by atoms with Crippen molar-refractivity contribution < 1.29 is 0 Å². The molecule has 0 aromatic rings. The van der Waals surface area contributed by atoms with Gasteiger partial charge >= 0.3 is 0 Å². The van der Waals surface area contributed by atoms with E-state index in [4.69, 9.17) is 11.5 Å². The van der Waals surface area contributed by atoms with Gasteiger partial charge in [-0.25, -0.2) is 0 Å². The highest BCUT2D eigenvalue weighted by atomic mass is 14.7. The van der Waals surface area contributed by atoms with Gasteiger partial charge in [-0.2, -0.15) is 0 Å². The molecule has 0 aliphatic rings. The van der Waals surface area contributed by atoms with Crippen molar-refractivity contribution in [2.24, 2.45) is 17.2 Å². The van der Waals surface area contributed by atoms with E-state index in [0.717, 1.165) is 0 Å². The molecule has 0 aromatic heterocycles. The maximum atomic E-state index is 5.17. The summed E-state index contributed by atoms with van der Waals surface area (Å²) in [6.07, 6.45) is 0. The normalized spacial score (nSPS) is 11.6. The molecule has 0 saturated carbocycles. The predicted octanol–water partition coefficient (Wildman–Crippen LogP) is -1.13. The van der Waals surface area contributed by atoms with Gasteiger partial charge in [0.2, 0.25) is 0 Å². The summed E-state index contributed by atoms with van der Waals surface area (Å²) in [5, 5.41) is 0. The molecule has 0 saturated heterocycles. The van der Waals surface area contributed by atoms with Crippen LogP contribution in [0.15, 0.2) is 0 Å². The summed E-state index contributed by atoms with van der Waals surface area (Å²) in [4.78, 5) is 0. The van der Waals surface area contributed by atoms with E-state index in [2.05, 4.69) is 5.73 Å². The lowest BCUT2D eigenvalue weighted by Gasteiger charge is -1.92. The molecule has 0 rings (SSSR count). The van der Waals surface area contributed by atoms with Crippen LogP contribution in [0.2, 0.25) is 0 Å². The highest BCUT2D eigenvalue weighted by Crippen LogP contribution is 1.59. The van der Waals surface area contributed by atoms with Gasteiger partial charge in [-0.15, -0.1) is 0 Å². The number of nitrogens with two attached hydrogens (primary N) is 3.